The maximum Gasteiger partial charge on any atom is 0.223 e. The summed E-state index contributed by atoms with van der Waals surface area (Å²) in [5.41, 5.74) is 5.83. The van der Waals surface area contributed by atoms with E-state index in [4.69, 9.17) is 5.73 Å². The van der Waals surface area contributed by atoms with E-state index in [1.54, 1.807) is 0 Å². The standard InChI is InChI=1S/C17H28N2O/c18-9-12-2-1-3-15(12)17(20)19-16-13-5-10-4-11(7-13)8-14(16)6-10/h10-16H,1-9,18H2,(H,19,20)/t10?,11?,12-,13?,14?,15-,16?/m1/s1. The Morgan fingerprint density at radius 3 is 2.25 bits per heavy atom. The summed E-state index contributed by atoms with van der Waals surface area (Å²) >= 11 is 0. The van der Waals surface area contributed by atoms with Gasteiger partial charge in [-0.05, 0) is 81.1 Å². The molecule has 3 nitrogen and oxygen atoms in total. The van der Waals surface area contributed by atoms with Crippen LogP contribution in [-0.2, 0) is 4.79 Å². The largest absolute Gasteiger partial charge is 0.353 e. The molecule has 0 radical (unpaired) electrons. The molecule has 3 N–H and O–H groups in total. The van der Waals surface area contributed by atoms with Gasteiger partial charge in [-0.25, -0.2) is 0 Å². The Morgan fingerprint density at radius 2 is 1.65 bits per heavy atom. The highest BCUT2D eigenvalue weighted by molar-refractivity contribution is 5.79. The van der Waals surface area contributed by atoms with Crippen molar-refractivity contribution in [3.8, 4) is 0 Å². The Labute approximate surface area is 122 Å². The van der Waals surface area contributed by atoms with Crippen molar-refractivity contribution in [2.75, 3.05) is 6.54 Å². The zero-order valence-electron chi connectivity index (χ0n) is 12.4. The molecule has 0 unspecified atom stereocenters. The predicted molar refractivity (Wildman–Crippen MR) is 78.9 cm³/mol. The fourth-order valence-electron chi connectivity index (χ4n) is 6.10. The van der Waals surface area contributed by atoms with Crippen LogP contribution in [0.3, 0.4) is 0 Å². The van der Waals surface area contributed by atoms with Crippen LogP contribution in [0.15, 0.2) is 0 Å². The Bertz CT molecular complexity index is 366. The van der Waals surface area contributed by atoms with Crippen LogP contribution in [0.25, 0.3) is 0 Å². The molecule has 0 spiro atoms. The third kappa shape index (κ3) is 2.09. The number of carbonyl (C=O) groups excluding carboxylic acids is 1. The average molecular weight is 276 g/mol. The number of rotatable bonds is 3. The summed E-state index contributed by atoms with van der Waals surface area (Å²) in [6.07, 6.45) is 10.4. The van der Waals surface area contributed by atoms with Crippen molar-refractivity contribution in [3.63, 3.8) is 0 Å². The lowest BCUT2D eigenvalue weighted by Crippen LogP contribution is -2.57. The summed E-state index contributed by atoms with van der Waals surface area (Å²) in [7, 11) is 0. The third-order valence-electron chi connectivity index (χ3n) is 6.83. The summed E-state index contributed by atoms with van der Waals surface area (Å²) in [5, 5.41) is 3.47. The fourth-order valence-corrected chi connectivity index (χ4v) is 6.10. The van der Waals surface area contributed by atoms with E-state index in [1.165, 1.54) is 38.5 Å². The fraction of sp³-hybridized carbons (Fsp3) is 0.941. The Balaban J connectivity index is 1.43. The van der Waals surface area contributed by atoms with Gasteiger partial charge in [0.15, 0.2) is 0 Å². The lowest BCUT2D eigenvalue weighted by atomic mass is 9.54. The van der Waals surface area contributed by atoms with Gasteiger partial charge in [0.25, 0.3) is 0 Å². The molecular weight excluding hydrogens is 248 g/mol. The Morgan fingerprint density at radius 1 is 1.00 bits per heavy atom. The second-order valence-corrected chi connectivity index (χ2v) is 8.00. The number of hydrogen-bond donors (Lipinski definition) is 2. The van der Waals surface area contributed by atoms with E-state index in [0.29, 0.717) is 24.4 Å². The molecule has 2 atom stereocenters. The van der Waals surface area contributed by atoms with Crippen LogP contribution < -0.4 is 11.1 Å². The Hall–Kier alpha value is -0.570. The molecule has 0 aliphatic heterocycles. The van der Waals surface area contributed by atoms with E-state index in [-0.39, 0.29) is 5.92 Å². The molecule has 5 aliphatic rings. The minimum atomic E-state index is 0.206. The van der Waals surface area contributed by atoms with Crippen molar-refractivity contribution >= 4 is 5.91 Å². The monoisotopic (exact) mass is 276 g/mol. The maximum atomic E-state index is 12.6. The van der Waals surface area contributed by atoms with Crippen LogP contribution in [-0.4, -0.2) is 18.5 Å². The molecule has 0 aromatic carbocycles. The number of nitrogens with two attached hydrogens (primary N) is 1. The minimum absolute atomic E-state index is 0.206. The van der Waals surface area contributed by atoms with E-state index in [9.17, 15) is 4.79 Å². The number of nitrogens with one attached hydrogen (secondary N) is 1. The summed E-state index contributed by atoms with van der Waals surface area (Å²) in [5.74, 6) is 4.50. The third-order valence-corrected chi connectivity index (χ3v) is 6.83. The van der Waals surface area contributed by atoms with Crippen molar-refractivity contribution < 1.29 is 4.79 Å². The van der Waals surface area contributed by atoms with Gasteiger partial charge in [-0.3, -0.25) is 4.79 Å². The van der Waals surface area contributed by atoms with Gasteiger partial charge in [-0.15, -0.1) is 0 Å². The van der Waals surface area contributed by atoms with Gasteiger partial charge < -0.3 is 11.1 Å². The van der Waals surface area contributed by atoms with Gasteiger partial charge >= 0.3 is 0 Å². The average Bonchev–Trinajstić information content (AvgIpc) is 2.90. The highest BCUT2D eigenvalue weighted by Crippen LogP contribution is 2.53. The van der Waals surface area contributed by atoms with E-state index in [1.807, 2.05) is 0 Å². The van der Waals surface area contributed by atoms with Gasteiger partial charge in [0.05, 0.1) is 0 Å². The maximum absolute atomic E-state index is 12.6. The molecule has 4 bridgehead atoms. The molecule has 0 heterocycles. The molecule has 5 rings (SSSR count). The lowest BCUT2D eigenvalue weighted by molar-refractivity contribution is -0.130. The first kappa shape index (κ1) is 13.1. The van der Waals surface area contributed by atoms with Crippen molar-refractivity contribution in [1.82, 2.24) is 5.32 Å². The van der Waals surface area contributed by atoms with Crippen LogP contribution in [0.4, 0.5) is 0 Å². The van der Waals surface area contributed by atoms with Crippen molar-refractivity contribution in [1.29, 1.82) is 0 Å². The predicted octanol–water partition coefficient (Wildman–Crippen LogP) is 2.30. The summed E-state index contributed by atoms with van der Waals surface area (Å²) in [6.45, 7) is 0.680. The topological polar surface area (TPSA) is 55.1 Å². The molecule has 112 valence electrons. The Kier molecular flexibility index (Phi) is 3.29. The number of carbonyl (C=O) groups is 1. The van der Waals surface area contributed by atoms with Gasteiger partial charge in [0.2, 0.25) is 5.91 Å². The second-order valence-electron chi connectivity index (χ2n) is 8.00. The van der Waals surface area contributed by atoms with Crippen molar-refractivity contribution in [2.45, 2.75) is 57.4 Å². The van der Waals surface area contributed by atoms with E-state index < -0.39 is 0 Å². The van der Waals surface area contributed by atoms with Crippen LogP contribution >= 0.6 is 0 Å². The molecule has 20 heavy (non-hydrogen) atoms. The second kappa shape index (κ2) is 5.01. The van der Waals surface area contributed by atoms with Gasteiger partial charge in [0, 0.05) is 12.0 Å². The molecule has 0 saturated heterocycles. The summed E-state index contributed by atoms with van der Waals surface area (Å²) < 4.78 is 0. The van der Waals surface area contributed by atoms with Crippen molar-refractivity contribution in [2.24, 2.45) is 41.2 Å². The van der Waals surface area contributed by atoms with E-state index >= 15 is 0 Å². The first-order chi connectivity index (χ1) is 9.74. The molecule has 3 heteroatoms. The molecule has 0 aromatic heterocycles. The highest BCUT2D eigenvalue weighted by atomic mass is 16.2. The SMILES string of the molecule is NC[C@H]1CCC[C@H]1C(=O)NC1C2CC3CC(C2)CC1C3. The smallest absolute Gasteiger partial charge is 0.223 e. The number of amides is 1. The zero-order chi connectivity index (χ0) is 13.7. The molecule has 0 aromatic rings. The molecule has 5 aliphatic carbocycles. The minimum Gasteiger partial charge on any atom is -0.353 e. The highest BCUT2D eigenvalue weighted by Gasteiger charge is 2.49. The van der Waals surface area contributed by atoms with Crippen molar-refractivity contribution in [3.05, 3.63) is 0 Å². The summed E-state index contributed by atoms with van der Waals surface area (Å²) in [4.78, 5) is 12.6. The van der Waals surface area contributed by atoms with E-state index in [2.05, 4.69) is 5.32 Å². The summed E-state index contributed by atoms with van der Waals surface area (Å²) in [6, 6.07) is 0.495. The van der Waals surface area contributed by atoms with Crippen LogP contribution in [0, 0.1) is 35.5 Å². The quantitative estimate of drug-likeness (QED) is 0.831. The van der Waals surface area contributed by atoms with Gasteiger partial charge in [-0.2, -0.15) is 0 Å². The van der Waals surface area contributed by atoms with Crippen LogP contribution in [0.1, 0.15) is 51.4 Å². The molecule has 1 amide bonds. The first-order valence-electron chi connectivity index (χ1n) is 8.75. The van der Waals surface area contributed by atoms with Crippen LogP contribution in [0.5, 0.6) is 0 Å². The van der Waals surface area contributed by atoms with Gasteiger partial charge in [0.1, 0.15) is 0 Å². The molecule has 5 saturated carbocycles. The lowest BCUT2D eigenvalue weighted by Gasteiger charge is -2.54. The first-order valence-corrected chi connectivity index (χ1v) is 8.75. The number of hydrogen-bond acceptors (Lipinski definition) is 2. The van der Waals surface area contributed by atoms with Crippen LogP contribution in [0.2, 0.25) is 0 Å². The zero-order valence-corrected chi connectivity index (χ0v) is 12.4. The molecular formula is C17H28N2O. The molecule has 5 fully saturated rings. The normalized spacial score (nSPS) is 49.5. The van der Waals surface area contributed by atoms with E-state index in [0.717, 1.165) is 36.5 Å². The van der Waals surface area contributed by atoms with Gasteiger partial charge in [-0.1, -0.05) is 6.42 Å².